The van der Waals surface area contributed by atoms with Gasteiger partial charge in [-0.1, -0.05) is 18.7 Å². The second kappa shape index (κ2) is 8.25. The van der Waals surface area contributed by atoms with Crippen LogP contribution in [0, 0.1) is 0 Å². The summed E-state index contributed by atoms with van der Waals surface area (Å²) in [6.07, 6.45) is 2.07. The molecule has 0 unspecified atom stereocenters. The van der Waals surface area contributed by atoms with Crippen molar-refractivity contribution in [1.82, 2.24) is 15.0 Å². The van der Waals surface area contributed by atoms with Crippen LogP contribution in [0.1, 0.15) is 20.3 Å². The second-order valence-electron chi connectivity index (χ2n) is 4.08. The predicted octanol–water partition coefficient (Wildman–Crippen LogP) is 1.23. The van der Waals surface area contributed by atoms with Crippen molar-refractivity contribution in [3.63, 3.8) is 0 Å². The van der Waals surface area contributed by atoms with Gasteiger partial charge in [0.2, 0.25) is 5.95 Å². The van der Waals surface area contributed by atoms with Gasteiger partial charge < -0.3 is 10.1 Å². The van der Waals surface area contributed by atoms with Crippen molar-refractivity contribution in [2.24, 2.45) is 0 Å². The highest BCUT2D eigenvalue weighted by molar-refractivity contribution is 8.00. The highest BCUT2D eigenvalue weighted by Crippen LogP contribution is 2.18. The normalized spacial score (nSPS) is 11.3. The van der Waals surface area contributed by atoms with Crippen LogP contribution in [0.15, 0.2) is 5.16 Å². The molecule has 0 aliphatic carbocycles. The Bertz CT molecular complexity index is 522. The molecular weight excluding hydrogens is 300 g/mol. The molecule has 20 heavy (non-hydrogen) atoms. The van der Waals surface area contributed by atoms with Crippen LogP contribution < -0.4 is 10.1 Å². The lowest BCUT2D eigenvalue weighted by Crippen LogP contribution is -2.09. The van der Waals surface area contributed by atoms with E-state index in [2.05, 4.69) is 20.3 Å². The van der Waals surface area contributed by atoms with Crippen molar-refractivity contribution < 1.29 is 13.2 Å². The van der Waals surface area contributed by atoms with Gasteiger partial charge in [0.25, 0.3) is 0 Å². The maximum Gasteiger partial charge on any atom is 0.322 e. The molecule has 1 aromatic heterocycles. The van der Waals surface area contributed by atoms with Gasteiger partial charge in [0, 0.05) is 18.6 Å². The molecule has 0 aliphatic rings. The second-order valence-corrected chi connectivity index (χ2v) is 7.40. The zero-order valence-corrected chi connectivity index (χ0v) is 13.6. The number of sulfone groups is 1. The standard InChI is InChI=1S/C11H20N4O3S2/c1-4-6-18-10-13-9(12-5-2)14-11(15-10)19-7-8-20(3,16)17/h4-8H2,1-3H3,(H,12,13,14,15). The van der Waals surface area contributed by atoms with Crippen molar-refractivity contribution in [2.45, 2.75) is 25.4 Å². The van der Waals surface area contributed by atoms with E-state index in [0.29, 0.717) is 30.0 Å². The molecular formula is C11H20N4O3S2. The molecule has 0 aliphatic heterocycles. The number of nitrogens with zero attached hydrogens (tertiary/aromatic N) is 3. The number of nitrogens with one attached hydrogen (secondary N) is 1. The van der Waals surface area contributed by atoms with Crippen LogP contribution >= 0.6 is 11.8 Å². The van der Waals surface area contributed by atoms with Crippen molar-refractivity contribution in [3.05, 3.63) is 0 Å². The fourth-order valence-corrected chi connectivity index (χ4v) is 3.20. The van der Waals surface area contributed by atoms with E-state index < -0.39 is 9.84 Å². The van der Waals surface area contributed by atoms with Gasteiger partial charge >= 0.3 is 6.01 Å². The third kappa shape index (κ3) is 6.90. The van der Waals surface area contributed by atoms with Gasteiger partial charge in [-0.05, 0) is 13.3 Å². The number of rotatable bonds is 9. The summed E-state index contributed by atoms with van der Waals surface area (Å²) in [7, 11) is -2.98. The zero-order chi connectivity index (χ0) is 15.0. The number of thioether (sulfide) groups is 1. The maximum atomic E-state index is 11.1. The quantitative estimate of drug-likeness (QED) is 0.679. The molecule has 0 bridgehead atoms. The number of aromatic nitrogens is 3. The molecule has 0 fully saturated rings. The Morgan fingerprint density at radius 3 is 2.60 bits per heavy atom. The van der Waals surface area contributed by atoms with Crippen molar-refractivity contribution in [2.75, 3.05) is 36.2 Å². The SMILES string of the molecule is CCCOc1nc(NCC)nc(SCCS(C)(=O)=O)n1. The molecule has 0 aromatic carbocycles. The average Bonchev–Trinajstić information content (AvgIpc) is 2.35. The zero-order valence-electron chi connectivity index (χ0n) is 11.9. The van der Waals surface area contributed by atoms with E-state index in [4.69, 9.17) is 4.74 Å². The molecule has 1 heterocycles. The molecule has 7 nitrogen and oxygen atoms in total. The Hall–Kier alpha value is -1.09. The fourth-order valence-electron chi connectivity index (χ4n) is 1.18. The molecule has 1 aromatic rings. The summed E-state index contributed by atoms with van der Waals surface area (Å²) in [5, 5.41) is 3.46. The Kier molecular flexibility index (Phi) is 7.00. The summed E-state index contributed by atoms with van der Waals surface area (Å²) < 4.78 is 27.6. The van der Waals surface area contributed by atoms with E-state index in [1.54, 1.807) is 0 Å². The summed E-state index contributed by atoms with van der Waals surface area (Å²) in [6, 6.07) is 0.264. The molecule has 0 saturated heterocycles. The van der Waals surface area contributed by atoms with Gasteiger partial charge in [-0.25, -0.2) is 8.42 Å². The van der Waals surface area contributed by atoms with E-state index in [1.165, 1.54) is 18.0 Å². The van der Waals surface area contributed by atoms with E-state index >= 15 is 0 Å². The Labute approximate surface area is 123 Å². The first-order valence-electron chi connectivity index (χ1n) is 6.38. The lowest BCUT2D eigenvalue weighted by molar-refractivity contribution is 0.288. The third-order valence-corrected chi connectivity index (χ3v) is 4.10. The molecule has 0 saturated carbocycles. The molecule has 1 rings (SSSR count). The van der Waals surface area contributed by atoms with Gasteiger partial charge in [-0.15, -0.1) is 0 Å². The van der Waals surface area contributed by atoms with Crippen LogP contribution in [0.4, 0.5) is 5.95 Å². The fraction of sp³-hybridized carbons (Fsp3) is 0.727. The summed E-state index contributed by atoms with van der Waals surface area (Å²) in [5.74, 6) is 0.933. The monoisotopic (exact) mass is 320 g/mol. The van der Waals surface area contributed by atoms with Crippen molar-refractivity contribution in [1.29, 1.82) is 0 Å². The molecule has 0 spiro atoms. The molecule has 0 radical (unpaired) electrons. The van der Waals surface area contributed by atoms with Gasteiger partial charge in [0.1, 0.15) is 9.84 Å². The first-order valence-corrected chi connectivity index (χ1v) is 9.42. The van der Waals surface area contributed by atoms with Crippen LogP contribution in [0.25, 0.3) is 0 Å². The number of hydrogen-bond donors (Lipinski definition) is 1. The minimum atomic E-state index is -2.98. The van der Waals surface area contributed by atoms with Gasteiger partial charge in [0.15, 0.2) is 5.16 Å². The van der Waals surface area contributed by atoms with Crippen LogP contribution in [-0.4, -0.2) is 54.3 Å². The summed E-state index contributed by atoms with van der Waals surface area (Å²) in [4.78, 5) is 12.5. The Balaban J connectivity index is 2.74. The third-order valence-electron chi connectivity index (χ3n) is 2.05. The number of hydrogen-bond acceptors (Lipinski definition) is 8. The average molecular weight is 320 g/mol. The summed E-state index contributed by atoms with van der Waals surface area (Å²) >= 11 is 1.27. The molecule has 1 N–H and O–H groups in total. The molecule has 0 atom stereocenters. The summed E-state index contributed by atoms with van der Waals surface area (Å²) in [5.41, 5.74) is 0. The van der Waals surface area contributed by atoms with Crippen LogP contribution in [0.3, 0.4) is 0 Å². The van der Waals surface area contributed by atoms with E-state index in [0.717, 1.165) is 6.42 Å². The molecule has 0 amide bonds. The van der Waals surface area contributed by atoms with Gasteiger partial charge in [0.05, 0.1) is 12.4 Å². The van der Waals surface area contributed by atoms with Gasteiger partial charge in [-0.3, -0.25) is 0 Å². The Morgan fingerprint density at radius 2 is 2.00 bits per heavy atom. The Morgan fingerprint density at radius 1 is 1.25 bits per heavy atom. The topological polar surface area (TPSA) is 94.1 Å². The lowest BCUT2D eigenvalue weighted by atomic mass is 10.5. The van der Waals surface area contributed by atoms with Crippen LogP contribution in [-0.2, 0) is 9.84 Å². The highest BCUT2D eigenvalue weighted by Gasteiger charge is 2.09. The first-order chi connectivity index (χ1) is 9.44. The summed E-state index contributed by atoms with van der Waals surface area (Å²) in [6.45, 7) is 5.15. The first kappa shape index (κ1) is 17.0. The minimum absolute atomic E-state index is 0.0883. The van der Waals surface area contributed by atoms with E-state index in [9.17, 15) is 8.42 Å². The molecule has 9 heteroatoms. The lowest BCUT2D eigenvalue weighted by Gasteiger charge is -2.07. The number of anilines is 1. The van der Waals surface area contributed by atoms with E-state index in [-0.39, 0.29) is 11.8 Å². The largest absolute Gasteiger partial charge is 0.463 e. The van der Waals surface area contributed by atoms with Crippen molar-refractivity contribution in [3.8, 4) is 6.01 Å². The molecule has 114 valence electrons. The minimum Gasteiger partial charge on any atom is -0.463 e. The smallest absolute Gasteiger partial charge is 0.322 e. The van der Waals surface area contributed by atoms with Crippen LogP contribution in [0.5, 0.6) is 6.01 Å². The van der Waals surface area contributed by atoms with E-state index in [1.807, 2.05) is 13.8 Å². The highest BCUT2D eigenvalue weighted by atomic mass is 32.2. The van der Waals surface area contributed by atoms with Gasteiger partial charge in [-0.2, -0.15) is 15.0 Å². The predicted molar refractivity (Wildman–Crippen MR) is 80.2 cm³/mol. The van der Waals surface area contributed by atoms with Crippen molar-refractivity contribution >= 4 is 27.5 Å². The number of ether oxygens (including phenoxy) is 1. The van der Waals surface area contributed by atoms with Crippen LogP contribution in [0.2, 0.25) is 0 Å². The maximum absolute atomic E-state index is 11.1.